The number of aliphatic hydroxyl groups excluding tert-OH is 1. The van der Waals surface area contributed by atoms with Crippen molar-refractivity contribution < 1.29 is 19.1 Å². The predicted octanol–water partition coefficient (Wildman–Crippen LogP) is 2.24. The van der Waals surface area contributed by atoms with Crippen LogP contribution in [0.5, 0.6) is 0 Å². The molecule has 0 saturated heterocycles. The van der Waals surface area contributed by atoms with Gasteiger partial charge in [0, 0.05) is 0 Å². The lowest BCUT2D eigenvalue weighted by Crippen LogP contribution is -2.19. The molecule has 1 aromatic rings. The number of halogens is 2. The molecule has 0 unspecified atom stereocenters. The Morgan fingerprint density at radius 3 is 2.67 bits per heavy atom. The molecule has 4 nitrogen and oxygen atoms in total. The summed E-state index contributed by atoms with van der Waals surface area (Å²) in [5, 5.41) is 9.86. The van der Waals surface area contributed by atoms with Crippen molar-refractivity contribution in [3.05, 3.63) is 33.1 Å². The number of aliphatic hydroxyl groups is 1. The summed E-state index contributed by atoms with van der Waals surface area (Å²) in [5.74, 6) is -0.149. The fourth-order valence-corrected chi connectivity index (χ4v) is 2.08. The summed E-state index contributed by atoms with van der Waals surface area (Å²) in [6, 6.07) is 3.27. The van der Waals surface area contributed by atoms with Gasteiger partial charge >= 0.3 is 5.97 Å². The number of carbonyl (C=O) groups excluding carboxylic acids is 1. The summed E-state index contributed by atoms with van der Waals surface area (Å²) < 4.78 is 10.8. The maximum atomic E-state index is 11.2. The molecule has 1 aliphatic rings. The van der Waals surface area contributed by atoms with Crippen LogP contribution >= 0.6 is 31.9 Å². The third-order valence-electron chi connectivity index (χ3n) is 1.99. The van der Waals surface area contributed by atoms with Crippen LogP contribution in [0.4, 0.5) is 0 Å². The van der Waals surface area contributed by atoms with E-state index in [2.05, 4.69) is 31.9 Å². The summed E-state index contributed by atoms with van der Waals surface area (Å²) in [6.45, 7) is 0. The molecule has 2 rings (SSSR count). The van der Waals surface area contributed by atoms with Gasteiger partial charge in [0.25, 0.3) is 0 Å². The van der Waals surface area contributed by atoms with Gasteiger partial charge in [0.05, 0.1) is 10.7 Å². The van der Waals surface area contributed by atoms with E-state index in [4.69, 9.17) is 9.15 Å². The van der Waals surface area contributed by atoms with Gasteiger partial charge in [-0.2, -0.15) is 0 Å². The molecule has 2 atom stereocenters. The fourth-order valence-electron chi connectivity index (χ4n) is 1.25. The standard InChI is InChI=1S/C9H6Br2O4/c10-5-6(11)9(13)15-8(5)7(12)4-2-1-3-14-4/h1-3,7-8,12H/t7-,8+/m0/s1. The zero-order chi connectivity index (χ0) is 11.0. The van der Waals surface area contributed by atoms with Crippen molar-refractivity contribution in [2.24, 2.45) is 0 Å². The van der Waals surface area contributed by atoms with Gasteiger partial charge in [-0.3, -0.25) is 0 Å². The first-order valence-corrected chi connectivity index (χ1v) is 5.67. The number of ether oxygens (including phenoxy) is 1. The minimum atomic E-state index is -1.01. The van der Waals surface area contributed by atoms with Gasteiger partial charge in [0.1, 0.15) is 10.2 Å². The lowest BCUT2D eigenvalue weighted by atomic mass is 10.1. The van der Waals surface area contributed by atoms with Gasteiger partial charge in [-0.1, -0.05) is 0 Å². The molecule has 6 heteroatoms. The Labute approximate surface area is 102 Å². The van der Waals surface area contributed by atoms with E-state index in [-0.39, 0.29) is 4.48 Å². The third kappa shape index (κ3) is 1.89. The van der Waals surface area contributed by atoms with E-state index in [0.29, 0.717) is 10.2 Å². The molecule has 0 bridgehead atoms. The van der Waals surface area contributed by atoms with Gasteiger partial charge in [0.2, 0.25) is 0 Å². The lowest BCUT2D eigenvalue weighted by Gasteiger charge is -2.15. The van der Waals surface area contributed by atoms with Crippen molar-refractivity contribution >= 4 is 37.8 Å². The highest BCUT2D eigenvalue weighted by atomic mass is 79.9. The third-order valence-corrected chi connectivity index (χ3v) is 4.12. The number of hydrogen-bond donors (Lipinski definition) is 1. The SMILES string of the molecule is O=C1O[C@@H]([C@@H](O)c2ccco2)C(Br)=C1Br. The van der Waals surface area contributed by atoms with Crippen LogP contribution in [0.2, 0.25) is 0 Å². The molecular formula is C9H6Br2O4. The summed E-state index contributed by atoms with van der Waals surface area (Å²) in [4.78, 5) is 11.2. The molecule has 0 radical (unpaired) electrons. The first-order chi connectivity index (χ1) is 7.11. The molecule has 15 heavy (non-hydrogen) atoms. The average molecular weight is 338 g/mol. The fraction of sp³-hybridized carbons (Fsp3) is 0.222. The second-order valence-corrected chi connectivity index (χ2v) is 4.60. The van der Waals surface area contributed by atoms with Crippen molar-refractivity contribution in [3.8, 4) is 0 Å². The molecule has 0 amide bonds. The number of rotatable bonds is 2. The Morgan fingerprint density at radius 2 is 2.20 bits per heavy atom. The Kier molecular flexibility index (Phi) is 2.99. The molecule has 1 aromatic heterocycles. The van der Waals surface area contributed by atoms with Crippen molar-refractivity contribution in [2.45, 2.75) is 12.2 Å². The summed E-state index contributed by atoms with van der Waals surface area (Å²) in [7, 11) is 0. The molecule has 0 spiro atoms. The minimum absolute atomic E-state index is 0.290. The zero-order valence-electron chi connectivity index (χ0n) is 7.31. The van der Waals surface area contributed by atoms with Gasteiger partial charge in [-0.15, -0.1) is 0 Å². The second kappa shape index (κ2) is 4.11. The smallest absolute Gasteiger partial charge is 0.346 e. The normalized spacial score (nSPS) is 23.1. The van der Waals surface area contributed by atoms with Crippen molar-refractivity contribution in [3.63, 3.8) is 0 Å². The van der Waals surface area contributed by atoms with Crippen LogP contribution in [-0.2, 0) is 9.53 Å². The maximum Gasteiger partial charge on any atom is 0.346 e. The highest BCUT2D eigenvalue weighted by Gasteiger charge is 2.38. The largest absolute Gasteiger partial charge is 0.466 e. The lowest BCUT2D eigenvalue weighted by molar-refractivity contribution is -0.143. The molecule has 2 heterocycles. The number of furan rings is 1. The Bertz CT molecular complexity index is 410. The van der Waals surface area contributed by atoms with Crippen LogP contribution in [0.1, 0.15) is 11.9 Å². The predicted molar refractivity (Wildman–Crippen MR) is 58.4 cm³/mol. The van der Waals surface area contributed by atoms with Crippen LogP contribution < -0.4 is 0 Å². The monoisotopic (exact) mass is 336 g/mol. The van der Waals surface area contributed by atoms with E-state index in [1.54, 1.807) is 12.1 Å². The first-order valence-electron chi connectivity index (χ1n) is 4.09. The van der Waals surface area contributed by atoms with E-state index in [1.165, 1.54) is 6.26 Å². The Morgan fingerprint density at radius 1 is 1.47 bits per heavy atom. The summed E-state index contributed by atoms with van der Waals surface area (Å²) in [6.07, 6.45) is -0.312. The molecule has 0 aromatic carbocycles. The molecule has 0 saturated carbocycles. The molecule has 80 valence electrons. The molecule has 1 N–H and O–H groups in total. The quantitative estimate of drug-likeness (QED) is 0.841. The van der Waals surface area contributed by atoms with Crippen LogP contribution in [-0.4, -0.2) is 17.2 Å². The number of esters is 1. The van der Waals surface area contributed by atoms with Crippen LogP contribution in [0.15, 0.2) is 31.8 Å². The maximum absolute atomic E-state index is 11.2. The minimum Gasteiger partial charge on any atom is -0.466 e. The number of hydrogen-bond acceptors (Lipinski definition) is 4. The molecule has 0 aliphatic carbocycles. The van der Waals surface area contributed by atoms with Gasteiger partial charge < -0.3 is 14.3 Å². The topological polar surface area (TPSA) is 59.7 Å². The Hall–Kier alpha value is -0.590. The number of cyclic esters (lactones) is 1. The summed E-state index contributed by atoms with van der Waals surface area (Å²) >= 11 is 6.24. The van der Waals surface area contributed by atoms with Gasteiger partial charge in [-0.25, -0.2) is 4.79 Å². The highest BCUT2D eigenvalue weighted by Crippen LogP contribution is 2.37. The van der Waals surface area contributed by atoms with Crippen molar-refractivity contribution in [1.29, 1.82) is 0 Å². The van der Waals surface area contributed by atoms with Gasteiger partial charge in [-0.05, 0) is 44.0 Å². The zero-order valence-corrected chi connectivity index (χ0v) is 10.5. The first kappa shape index (κ1) is 10.9. The molecular weight excluding hydrogens is 332 g/mol. The van der Waals surface area contributed by atoms with Crippen LogP contribution in [0.25, 0.3) is 0 Å². The van der Waals surface area contributed by atoms with E-state index in [9.17, 15) is 9.90 Å². The van der Waals surface area contributed by atoms with E-state index < -0.39 is 18.2 Å². The number of carbonyl (C=O) groups is 1. The Balaban J connectivity index is 2.24. The van der Waals surface area contributed by atoms with Crippen LogP contribution in [0.3, 0.4) is 0 Å². The summed E-state index contributed by atoms with van der Waals surface area (Å²) in [5.41, 5.74) is 0. The average Bonchev–Trinajstić information content (AvgIpc) is 2.82. The van der Waals surface area contributed by atoms with Crippen molar-refractivity contribution in [1.82, 2.24) is 0 Å². The molecule has 0 fully saturated rings. The second-order valence-electron chi connectivity index (χ2n) is 2.95. The van der Waals surface area contributed by atoms with Crippen molar-refractivity contribution in [2.75, 3.05) is 0 Å². The highest BCUT2D eigenvalue weighted by molar-refractivity contribution is 9.14. The van der Waals surface area contributed by atoms with Crippen LogP contribution in [0, 0.1) is 0 Å². The van der Waals surface area contributed by atoms with E-state index in [1.807, 2.05) is 0 Å². The van der Waals surface area contributed by atoms with E-state index >= 15 is 0 Å². The van der Waals surface area contributed by atoms with E-state index in [0.717, 1.165) is 0 Å². The molecule has 1 aliphatic heterocycles. The van der Waals surface area contributed by atoms with Gasteiger partial charge in [0.15, 0.2) is 12.2 Å².